The fourth-order valence-electron chi connectivity index (χ4n) is 1.73. The third kappa shape index (κ3) is 9.21. The summed E-state index contributed by atoms with van der Waals surface area (Å²) in [7, 11) is 0. The number of hydrogen-bond donors (Lipinski definition) is 2. The van der Waals surface area contributed by atoms with Gasteiger partial charge in [-0.3, -0.25) is 9.59 Å². The van der Waals surface area contributed by atoms with Gasteiger partial charge in [0.05, 0.1) is 15.6 Å². The molecule has 0 radical (unpaired) electrons. The highest BCUT2D eigenvalue weighted by Crippen LogP contribution is 2.45. The van der Waals surface area contributed by atoms with E-state index in [1.54, 1.807) is 0 Å². The molecular formula is C13H24O4S2. The SMILES string of the molecule is CCCCC(CCCC)(SCC(=O)O)SCC(=O)O. The van der Waals surface area contributed by atoms with Crippen LogP contribution in [0.3, 0.4) is 0 Å². The van der Waals surface area contributed by atoms with Crippen LogP contribution < -0.4 is 0 Å². The largest absolute Gasteiger partial charge is 0.481 e. The Kier molecular flexibility index (Phi) is 10.2. The van der Waals surface area contributed by atoms with Crippen LogP contribution in [-0.4, -0.2) is 37.7 Å². The van der Waals surface area contributed by atoms with Crippen molar-refractivity contribution in [2.75, 3.05) is 11.5 Å². The second-order valence-corrected chi connectivity index (χ2v) is 7.46. The highest BCUT2D eigenvalue weighted by molar-refractivity contribution is 8.18. The minimum atomic E-state index is -0.835. The van der Waals surface area contributed by atoms with Crippen molar-refractivity contribution in [1.82, 2.24) is 0 Å². The predicted octanol–water partition coefficient (Wildman–Crippen LogP) is 3.70. The topological polar surface area (TPSA) is 74.6 Å². The molecule has 0 aliphatic heterocycles. The fourth-order valence-corrected chi connectivity index (χ4v) is 4.35. The Labute approximate surface area is 123 Å². The standard InChI is InChI=1S/C13H24O4S2/c1-3-5-7-13(8-6-4-2,18-9-11(14)15)19-10-12(16)17/h3-10H2,1-2H3,(H,14,15)(H,16,17). The molecule has 0 atom stereocenters. The Morgan fingerprint density at radius 3 is 1.53 bits per heavy atom. The van der Waals surface area contributed by atoms with E-state index >= 15 is 0 Å². The van der Waals surface area contributed by atoms with Gasteiger partial charge in [0.1, 0.15) is 0 Å². The van der Waals surface area contributed by atoms with E-state index < -0.39 is 11.9 Å². The van der Waals surface area contributed by atoms with Crippen LogP contribution in [-0.2, 0) is 9.59 Å². The lowest BCUT2D eigenvalue weighted by Crippen LogP contribution is -2.24. The van der Waals surface area contributed by atoms with Gasteiger partial charge < -0.3 is 10.2 Å². The molecule has 19 heavy (non-hydrogen) atoms. The third-order valence-electron chi connectivity index (χ3n) is 2.74. The van der Waals surface area contributed by atoms with Crippen molar-refractivity contribution in [3.05, 3.63) is 0 Å². The number of thioether (sulfide) groups is 2. The summed E-state index contributed by atoms with van der Waals surface area (Å²) in [6, 6.07) is 0. The van der Waals surface area contributed by atoms with E-state index in [2.05, 4.69) is 13.8 Å². The van der Waals surface area contributed by atoms with Gasteiger partial charge in [-0.2, -0.15) is 0 Å². The molecule has 0 aromatic rings. The van der Waals surface area contributed by atoms with E-state index in [1.807, 2.05) is 0 Å². The van der Waals surface area contributed by atoms with Crippen LogP contribution in [0.5, 0.6) is 0 Å². The van der Waals surface area contributed by atoms with Crippen molar-refractivity contribution in [3.8, 4) is 0 Å². The van der Waals surface area contributed by atoms with Crippen molar-refractivity contribution >= 4 is 35.5 Å². The lowest BCUT2D eigenvalue weighted by molar-refractivity contribution is -0.134. The zero-order valence-electron chi connectivity index (χ0n) is 11.7. The first-order chi connectivity index (χ1) is 8.95. The van der Waals surface area contributed by atoms with Gasteiger partial charge in [0.25, 0.3) is 0 Å². The summed E-state index contributed by atoms with van der Waals surface area (Å²) in [4.78, 5) is 21.6. The van der Waals surface area contributed by atoms with E-state index in [4.69, 9.17) is 10.2 Å². The molecular weight excluding hydrogens is 284 g/mol. The van der Waals surface area contributed by atoms with E-state index in [0.29, 0.717) is 0 Å². The Bertz CT molecular complexity index is 254. The number of unbranched alkanes of at least 4 members (excludes halogenated alkanes) is 2. The average Bonchev–Trinajstić information content (AvgIpc) is 2.37. The van der Waals surface area contributed by atoms with Crippen LogP contribution in [0.25, 0.3) is 0 Å². The van der Waals surface area contributed by atoms with Gasteiger partial charge in [-0.15, -0.1) is 23.5 Å². The second-order valence-electron chi connectivity index (χ2n) is 4.48. The van der Waals surface area contributed by atoms with Crippen molar-refractivity contribution in [3.63, 3.8) is 0 Å². The fraction of sp³-hybridized carbons (Fsp3) is 0.846. The zero-order chi connectivity index (χ0) is 14.7. The molecule has 2 N–H and O–H groups in total. The Hall–Kier alpha value is -0.360. The van der Waals surface area contributed by atoms with Gasteiger partial charge in [-0.25, -0.2) is 0 Å². The lowest BCUT2D eigenvalue weighted by atomic mass is 10.1. The van der Waals surface area contributed by atoms with E-state index in [1.165, 1.54) is 23.5 Å². The minimum absolute atomic E-state index is 0.0417. The maximum absolute atomic E-state index is 10.8. The van der Waals surface area contributed by atoms with Crippen molar-refractivity contribution < 1.29 is 19.8 Å². The zero-order valence-corrected chi connectivity index (χ0v) is 13.3. The lowest BCUT2D eigenvalue weighted by Gasteiger charge is -2.32. The van der Waals surface area contributed by atoms with Gasteiger partial charge >= 0.3 is 11.9 Å². The summed E-state index contributed by atoms with van der Waals surface area (Å²) >= 11 is 2.80. The van der Waals surface area contributed by atoms with Crippen LogP contribution in [0.1, 0.15) is 52.4 Å². The molecule has 0 bridgehead atoms. The number of hydrogen-bond acceptors (Lipinski definition) is 4. The molecule has 0 aromatic heterocycles. The van der Waals surface area contributed by atoms with Crippen molar-refractivity contribution in [1.29, 1.82) is 0 Å². The van der Waals surface area contributed by atoms with Crippen LogP contribution in [0.15, 0.2) is 0 Å². The number of rotatable bonds is 12. The summed E-state index contributed by atoms with van der Waals surface area (Å²) < 4.78 is -0.261. The van der Waals surface area contributed by atoms with E-state index in [0.717, 1.165) is 38.5 Å². The van der Waals surface area contributed by atoms with Crippen LogP contribution in [0.4, 0.5) is 0 Å². The molecule has 0 fully saturated rings. The summed E-state index contributed by atoms with van der Waals surface area (Å²) in [5, 5.41) is 17.7. The van der Waals surface area contributed by atoms with Crippen LogP contribution in [0.2, 0.25) is 0 Å². The van der Waals surface area contributed by atoms with E-state index in [9.17, 15) is 9.59 Å². The predicted molar refractivity (Wildman–Crippen MR) is 82.0 cm³/mol. The average molecular weight is 308 g/mol. The molecule has 0 heterocycles. The van der Waals surface area contributed by atoms with Crippen molar-refractivity contribution in [2.45, 2.75) is 56.5 Å². The smallest absolute Gasteiger partial charge is 0.313 e. The van der Waals surface area contributed by atoms with Gasteiger partial charge in [0.2, 0.25) is 0 Å². The highest BCUT2D eigenvalue weighted by Gasteiger charge is 2.31. The molecule has 0 aliphatic carbocycles. The van der Waals surface area contributed by atoms with Crippen molar-refractivity contribution in [2.24, 2.45) is 0 Å². The first kappa shape index (κ1) is 18.6. The molecule has 0 saturated heterocycles. The van der Waals surface area contributed by atoms with Gasteiger partial charge in [-0.1, -0.05) is 39.5 Å². The Morgan fingerprint density at radius 2 is 1.26 bits per heavy atom. The van der Waals surface area contributed by atoms with Gasteiger partial charge in [0, 0.05) is 0 Å². The van der Waals surface area contributed by atoms with E-state index in [-0.39, 0.29) is 15.6 Å². The third-order valence-corrected chi connectivity index (χ3v) is 6.10. The maximum Gasteiger partial charge on any atom is 0.313 e. The summed E-state index contributed by atoms with van der Waals surface area (Å²) in [5.74, 6) is -1.59. The quantitative estimate of drug-likeness (QED) is 0.535. The molecule has 6 heteroatoms. The monoisotopic (exact) mass is 308 g/mol. The number of carbonyl (C=O) groups is 2. The Morgan fingerprint density at radius 1 is 0.895 bits per heavy atom. The summed E-state index contributed by atoms with van der Waals surface area (Å²) in [6.45, 7) is 4.18. The molecule has 0 aliphatic rings. The summed E-state index contributed by atoms with van der Waals surface area (Å²) in [6.07, 6.45) is 5.83. The molecule has 4 nitrogen and oxygen atoms in total. The van der Waals surface area contributed by atoms with Gasteiger partial charge in [0.15, 0.2) is 0 Å². The minimum Gasteiger partial charge on any atom is -0.481 e. The first-order valence-electron chi connectivity index (χ1n) is 6.67. The number of aliphatic carboxylic acids is 2. The molecule has 0 spiro atoms. The molecule has 0 amide bonds. The Balaban J connectivity index is 4.71. The highest BCUT2D eigenvalue weighted by atomic mass is 32.2. The van der Waals surface area contributed by atoms with Crippen LogP contribution >= 0.6 is 23.5 Å². The molecule has 0 rings (SSSR count). The number of carboxylic acids is 2. The first-order valence-corrected chi connectivity index (χ1v) is 8.64. The molecule has 0 saturated carbocycles. The second kappa shape index (κ2) is 10.4. The molecule has 112 valence electrons. The van der Waals surface area contributed by atoms with Crippen LogP contribution in [0, 0.1) is 0 Å². The maximum atomic E-state index is 10.8. The molecule has 0 aromatic carbocycles. The van der Waals surface area contributed by atoms with Gasteiger partial charge in [-0.05, 0) is 12.8 Å². The number of carboxylic acid groups (broad SMARTS) is 2. The normalized spacial score (nSPS) is 11.5. The summed E-state index contributed by atoms with van der Waals surface area (Å²) in [5.41, 5.74) is 0. The molecule has 0 unspecified atom stereocenters.